The number of halogens is 1. The van der Waals surface area contributed by atoms with E-state index in [9.17, 15) is 9.59 Å². The number of hydrogen-bond acceptors (Lipinski definition) is 4. The molecule has 0 fully saturated rings. The van der Waals surface area contributed by atoms with Gasteiger partial charge in [0.05, 0.1) is 24.4 Å². The molecular weight excluding hydrogens is 354 g/mol. The van der Waals surface area contributed by atoms with Crippen molar-refractivity contribution in [2.75, 3.05) is 19.0 Å². The lowest BCUT2D eigenvalue weighted by molar-refractivity contribution is 0.0522. The van der Waals surface area contributed by atoms with Crippen molar-refractivity contribution in [1.82, 2.24) is 0 Å². The van der Waals surface area contributed by atoms with Gasteiger partial charge in [-0.3, -0.25) is 4.79 Å². The van der Waals surface area contributed by atoms with Crippen LogP contribution in [0.3, 0.4) is 0 Å². The molecule has 0 radical (unpaired) electrons. The number of esters is 1. The second kappa shape index (κ2) is 8.23. The molecule has 0 saturated heterocycles. The van der Waals surface area contributed by atoms with Crippen LogP contribution in [0.4, 0.5) is 5.69 Å². The fourth-order valence-corrected chi connectivity index (χ4v) is 3.12. The third-order valence-corrected chi connectivity index (χ3v) is 4.25. The highest BCUT2D eigenvalue weighted by molar-refractivity contribution is 6.34. The molecule has 1 amide bonds. The Bertz CT molecular complexity index is 838. The van der Waals surface area contributed by atoms with Gasteiger partial charge < -0.3 is 14.8 Å². The molecule has 0 aliphatic rings. The lowest BCUT2D eigenvalue weighted by Gasteiger charge is -2.15. The molecule has 0 saturated carbocycles. The van der Waals surface area contributed by atoms with Crippen molar-refractivity contribution < 1.29 is 19.1 Å². The van der Waals surface area contributed by atoms with E-state index in [-0.39, 0.29) is 28.8 Å². The van der Waals surface area contributed by atoms with Gasteiger partial charge in [0.1, 0.15) is 11.3 Å². The molecule has 0 aliphatic heterocycles. The van der Waals surface area contributed by atoms with Crippen molar-refractivity contribution in [3.63, 3.8) is 0 Å². The van der Waals surface area contributed by atoms with Gasteiger partial charge in [-0.15, -0.1) is 0 Å². The summed E-state index contributed by atoms with van der Waals surface area (Å²) >= 11 is 6.26. The van der Waals surface area contributed by atoms with Gasteiger partial charge in [0, 0.05) is 11.6 Å². The molecule has 138 valence electrons. The Balaban J connectivity index is 2.38. The molecule has 2 aromatic rings. The molecule has 0 heterocycles. The summed E-state index contributed by atoms with van der Waals surface area (Å²) < 4.78 is 10.2. The van der Waals surface area contributed by atoms with Gasteiger partial charge in [0.25, 0.3) is 5.91 Å². The summed E-state index contributed by atoms with van der Waals surface area (Å²) in [6.07, 6.45) is 0. The van der Waals surface area contributed by atoms with Crippen LogP contribution in [0, 0.1) is 20.8 Å². The molecule has 6 heteroatoms. The van der Waals surface area contributed by atoms with Crippen LogP contribution in [0.15, 0.2) is 24.3 Å². The van der Waals surface area contributed by atoms with Crippen LogP contribution < -0.4 is 10.1 Å². The zero-order chi connectivity index (χ0) is 19.4. The standard InChI is InChI=1S/C20H22ClNO4/c1-6-26-20(24)14-9-15(21)16(10-17(14)25-5)22-19(23)18-12(3)7-11(2)8-13(18)4/h7-10H,6H2,1-5H3,(H,22,23). The highest BCUT2D eigenvalue weighted by Gasteiger charge is 2.19. The molecule has 0 bridgehead atoms. The second-order valence-electron chi connectivity index (χ2n) is 5.98. The zero-order valence-corrected chi connectivity index (χ0v) is 16.3. The molecule has 5 nitrogen and oxygen atoms in total. The highest BCUT2D eigenvalue weighted by Crippen LogP contribution is 2.32. The van der Waals surface area contributed by atoms with Crippen LogP contribution in [0.25, 0.3) is 0 Å². The number of carbonyl (C=O) groups is 2. The number of ether oxygens (including phenoxy) is 2. The Labute approximate surface area is 158 Å². The Morgan fingerprint density at radius 2 is 1.69 bits per heavy atom. The Morgan fingerprint density at radius 3 is 2.23 bits per heavy atom. The van der Waals surface area contributed by atoms with E-state index in [1.807, 2.05) is 32.9 Å². The number of hydrogen-bond donors (Lipinski definition) is 1. The summed E-state index contributed by atoms with van der Waals surface area (Å²) in [7, 11) is 1.44. The van der Waals surface area contributed by atoms with Gasteiger partial charge in [0.2, 0.25) is 0 Å². The van der Waals surface area contributed by atoms with Crippen molar-refractivity contribution >= 4 is 29.2 Å². The van der Waals surface area contributed by atoms with E-state index in [0.29, 0.717) is 11.3 Å². The summed E-state index contributed by atoms with van der Waals surface area (Å²) in [5, 5.41) is 3.02. The normalized spacial score (nSPS) is 10.4. The molecular formula is C20H22ClNO4. The first kappa shape index (κ1) is 19.8. The van der Waals surface area contributed by atoms with E-state index >= 15 is 0 Å². The molecule has 0 aromatic heterocycles. The molecule has 2 rings (SSSR count). The maximum atomic E-state index is 12.7. The summed E-state index contributed by atoms with van der Waals surface area (Å²) in [4.78, 5) is 24.7. The molecule has 26 heavy (non-hydrogen) atoms. The summed E-state index contributed by atoms with van der Waals surface area (Å²) in [6.45, 7) is 7.72. The van der Waals surface area contributed by atoms with Gasteiger partial charge in [-0.2, -0.15) is 0 Å². The van der Waals surface area contributed by atoms with Gasteiger partial charge in [-0.1, -0.05) is 29.3 Å². The number of rotatable bonds is 5. The first-order chi connectivity index (χ1) is 12.3. The molecule has 2 aromatic carbocycles. The SMILES string of the molecule is CCOC(=O)c1cc(Cl)c(NC(=O)c2c(C)cc(C)cc2C)cc1OC. The summed E-state index contributed by atoms with van der Waals surface area (Å²) in [5.41, 5.74) is 4.02. The van der Waals surface area contributed by atoms with Crippen molar-refractivity contribution in [2.24, 2.45) is 0 Å². The number of nitrogens with one attached hydrogen (secondary N) is 1. The van der Waals surface area contributed by atoms with Crippen LogP contribution in [-0.2, 0) is 4.74 Å². The van der Waals surface area contributed by atoms with Gasteiger partial charge >= 0.3 is 5.97 Å². The average molecular weight is 376 g/mol. The number of benzene rings is 2. The average Bonchev–Trinajstić information content (AvgIpc) is 2.55. The van der Waals surface area contributed by atoms with Crippen LogP contribution in [0.2, 0.25) is 5.02 Å². The fourth-order valence-electron chi connectivity index (χ4n) is 2.91. The van der Waals surface area contributed by atoms with E-state index in [0.717, 1.165) is 16.7 Å². The highest BCUT2D eigenvalue weighted by atomic mass is 35.5. The molecule has 1 N–H and O–H groups in total. The summed E-state index contributed by atoms with van der Waals surface area (Å²) in [6, 6.07) is 6.86. The maximum absolute atomic E-state index is 12.7. The van der Waals surface area contributed by atoms with Gasteiger partial charge in [-0.25, -0.2) is 4.79 Å². The minimum atomic E-state index is -0.533. The topological polar surface area (TPSA) is 64.6 Å². The van der Waals surface area contributed by atoms with Crippen LogP contribution in [0.5, 0.6) is 5.75 Å². The Hall–Kier alpha value is -2.53. The second-order valence-corrected chi connectivity index (χ2v) is 6.39. The number of aryl methyl sites for hydroxylation is 3. The lowest BCUT2D eigenvalue weighted by Crippen LogP contribution is -2.16. The number of anilines is 1. The van der Waals surface area contributed by atoms with Crippen LogP contribution in [-0.4, -0.2) is 25.6 Å². The molecule has 0 spiro atoms. The molecule has 0 unspecified atom stereocenters. The summed E-state index contributed by atoms with van der Waals surface area (Å²) in [5.74, 6) is -0.525. The van der Waals surface area contributed by atoms with Gasteiger partial charge in [-0.05, 0) is 44.9 Å². The van der Waals surface area contributed by atoms with Crippen LogP contribution in [0.1, 0.15) is 44.3 Å². The van der Waals surface area contributed by atoms with Crippen molar-refractivity contribution in [3.8, 4) is 5.75 Å². The van der Waals surface area contributed by atoms with Crippen LogP contribution >= 0.6 is 11.6 Å². The number of methoxy groups -OCH3 is 1. The molecule has 0 aliphatic carbocycles. The van der Waals surface area contributed by atoms with Gasteiger partial charge in [0.15, 0.2) is 0 Å². The van der Waals surface area contributed by atoms with E-state index in [4.69, 9.17) is 21.1 Å². The first-order valence-corrected chi connectivity index (χ1v) is 8.60. The number of amides is 1. The monoisotopic (exact) mass is 375 g/mol. The molecule has 0 atom stereocenters. The van der Waals surface area contributed by atoms with E-state index < -0.39 is 5.97 Å². The predicted molar refractivity (Wildman–Crippen MR) is 103 cm³/mol. The smallest absolute Gasteiger partial charge is 0.341 e. The largest absolute Gasteiger partial charge is 0.496 e. The van der Waals surface area contributed by atoms with E-state index in [1.54, 1.807) is 6.92 Å². The Morgan fingerprint density at radius 1 is 1.08 bits per heavy atom. The minimum Gasteiger partial charge on any atom is -0.496 e. The Kier molecular flexibility index (Phi) is 6.27. The quantitative estimate of drug-likeness (QED) is 0.769. The third kappa shape index (κ3) is 4.17. The lowest BCUT2D eigenvalue weighted by atomic mass is 9.99. The van der Waals surface area contributed by atoms with Crippen molar-refractivity contribution in [1.29, 1.82) is 0 Å². The zero-order valence-electron chi connectivity index (χ0n) is 15.5. The number of carbonyl (C=O) groups excluding carboxylic acids is 2. The first-order valence-electron chi connectivity index (χ1n) is 8.22. The van der Waals surface area contributed by atoms with E-state index in [1.165, 1.54) is 19.2 Å². The van der Waals surface area contributed by atoms with E-state index in [2.05, 4.69) is 5.32 Å². The third-order valence-electron chi connectivity index (χ3n) is 3.94. The predicted octanol–water partition coefficient (Wildman–Crippen LogP) is 4.70. The maximum Gasteiger partial charge on any atom is 0.341 e. The minimum absolute atomic E-state index is 0.208. The van der Waals surface area contributed by atoms with Crippen molar-refractivity contribution in [3.05, 3.63) is 57.1 Å². The van der Waals surface area contributed by atoms with Crippen molar-refractivity contribution in [2.45, 2.75) is 27.7 Å². The fraction of sp³-hybridized carbons (Fsp3) is 0.300.